The average Bonchev–Trinajstić information content (AvgIpc) is 2.97. The summed E-state index contributed by atoms with van der Waals surface area (Å²) in [7, 11) is 0. The van der Waals surface area contributed by atoms with Crippen molar-refractivity contribution in [2.45, 2.75) is 19.4 Å². The van der Waals surface area contributed by atoms with E-state index in [1.54, 1.807) is 12.4 Å². The number of nitrogens with zero attached hydrogens (tertiary/aromatic N) is 4. The van der Waals surface area contributed by atoms with Crippen molar-refractivity contribution in [2.24, 2.45) is 0 Å². The molecule has 0 radical (unpaired) electrons. The molecule has 8 heteroatoms. The first-order valence-electron chi connectivity index (χ1n) is 8.40. The van der Waals surface area contributed by atoms with Crippen molar-refractivity contribution in [3.8, 4) is 0 Å². The Bertz CT molecular complexity index is 878. The number of H-pyrrole nitrogens is 1. The molecular weight excluding hydrogens is 338 g/mol. The van der Waals surface area contributed by atoms with E-state index in [1.807, 2.05) is 18.2 Å². The van der Waals surface area contributed by atoms with Gasteiger partial charge < -0.3 is 15.5 Å². The third kappa shape index (κ3) is 3.52. The lowest BCUT2D eigenvalue weighted by Gasteiger charge is -2.20. The number of aromatic nitrogens is 4. The summed E-state index contributed by atoms with van der Waals surface area (Å²) in [6.07, 6.45) is 4.51. The van der Waals surface area contributed by atoms with E-state index in [4.69, 9.17) is 11.6 Å². The van der Waals surface area contributed by atoms with Crippen molar-refractivity contribution in [2.75, 3.05) is 29.9 Å². The molecule has 1 atom stereocenters. The second-order valence-electron chi connectivity index (χ2n) is 6.29. The van der Waals surface area contributed by atoms with Crippen LogP contribution in [0, 0.1) is 0 Å². The Hall–Kier alpha value is -2.38. The molecule has 0 saturated carbocycles. The maximum absolute atomic E-state index is 6.30. The molecule has 0 bridgehead atoms. The van der Waals surface area contributed by atoms with Gasteiger partial charge in [-0.2, -0.15) is 10.1 Å². The predicted octanol–water partition coefficient (Wildman–Crippen LogP) is 2.94. The smallest absolute Gasteiger partial charge is 0.227 e. The Balaban J connectivity index is 1.58. The lowest BCUT2D eigenvalue weighted by atomic mass is 10.2. The van der Waals surface area contributed by atoms with Crippen molar-refractivity contribution >= 4 is 40.0 Å². The van der Waals surface area contributed by atoms with Crippen molar-refractivity contribution in [3.63, 3.8) is 0 Å². The normalized spacial score (nSPS) is 18.3. The topological polar surface area (TPSA) is 81.8 Å². The molecule has 3 heterocycles. The van der Waals surface area contributed by atoms with E-state index in [0.29, 0.717) is 22.8 Å². The highest BCUT2D eigenvalue weighted by Gasteiger charge is 2.17. The molecule has 1 aliphatic heterocycles. The van der Waals surface area contributed by atoms with Gasteiger partial charge in [0.15, 0.2) is 5.82 Å². The lowest BCUT2D eigenvalue weighted by Crippen LogP contribution is -2.30. The molecular formula is C17H20ClN7. The van der Waals surface area contributed by atoms with Crippen LogP contribution in [0.25, 0.3) is 10.9 Å². The molecule has 2 aromatic heterocycles. The fraction of sp³-hybridized carbons (Fsp3) is 0.353. The SMILES string of the molecule is CC1CCN(c2ncc(Cl)c(Nc3ccc4[nH]ncc4c3)n2)CCN1. The van der Waals surface area contributed by atoms with Crippen molar-refractivity contribution in [3.05, 3.63) is 35.6 Å². The Morgan fingerprint density at radius 1 is 1.28 bits per heavy atom. The Morgan fingerprint density at radius 2 is 2.20 bits per heavy atom. The molecule has 1 saturated heterocycles. The average molecular weight is 358 g/mol. The van der Waals surface area contributed by atoms with Crippen LogP contribution in [0.5, 0.6) is 0 Å². The van der Waals surface area contributed by atoms with Gasteiger partial charge in [0, 0.05) is 36.7 Å². The minimum atomic E-state index is 0.498. The van der Waals surface area contributed by atoms with Crippen LogP contribution in [0.15, 0.2) is 30.6 Å². The summed E-state index contributed by atoms with van der Waals surface area (Å²) >= 11 is 6.30. The molecule has 130 valence electrons. The second-order valence-corrected chi connectivity index (χ2v) is 6.70. The highest BCUT2D eigenvalue weighted by Crippen LogP contribution is 2.26. The highest BCUT2D eigenvalue weighted by molar-refractivity contribution is 6.32. The number of aromatic amines is 1. The molecule has 0 aliphatic carbocycles. The number of anilines is 3. The van der Waals surface area contributed by atoms with Crippen LogP contribution in [0.1, 0.15) is 13.3 Å². The molecule has 25 heavy (non-hydrogen) atoms. The molecule has 3 aromatic rings. The molecule has 3 N–H and O–H groups in total. The van der Waals surface area contributed by atoms with Gasteiger partial charge in [-0.05, 0) is 31.5 Å². The van der Waals surface area contributed by atoms with Crippen LogP contribution in [0.4, 0.5) is 17.5 Å². The van der Waals surface area contributed by atoms with E-state index in [9.17, 15) is 0 Å². The van der Waals surface area contributed by atoms with Gasteiger partial charge in [-0.25, -0.2) is 4.98 Å². The summed E-state index contributed by atoms with van der Waals surface area (Å²) in [5, 5.41) is 15.3. The van der Waals surface area contributed by atoms with Gasteiger partial charge >= 0.3 is 0 Å². The monoisotopic (exact) mass is 357 g/mol. The van der Waals surface area contributed by atoms with Crippen LogP contribution in [-0.2, 0) is 0 Å². The van der Waals surface area contributed by atoms with Gasteiger partial charge in [0.05, 0.1) is 17.9 Å². The van der Waals surface area contributed by atoms with E-state index in [1.165, 1.54) is 0 Å². The van der Waals surface area contributed by atoms with Gasteiger partial charge in [0.2, 0.25) is 5.95 Å². The summed E-state index contributed by atoms with van der Waals surface area (Å²) in [5.41, 5.74) is 1.90. The fourth-order valence-electron chi connectivity index (χ4n) is 2.96. The number of hydrogen-bond donors (Lipinski definition) is 3. The minimum absolute atomic E-state index is 0.498. The zero-order valence-electron chi connectivity index (χ0n) is 14.0. The number of nitrogens with one attached hydrogen (secondary N) is 3. The summed E-state index contributed by atoms with van der Waals surface area (Å²) in [6, 6.07) is 6.46. The Kier molecular flexibility index (Phi) is 4.42. The third-order valence-corrected chi connectivity index (χ3v) is 4.70. The largest absolute Gasteiger partial charge is 0.339 e. The summed E-state index contributed by atoms with van der Waals surface area (Å²) in [5.74, 6) is 1.31. The van der Waals surface area contributed by atoms with Crippen LogP contribution < -0.4 is 15.5 Å². The van der Waals surface area contributed by atoms with Gasteiger partial charge in [0.1, 0.15) is 5.02 Å². The minimum Gasteiger partial charge on any atom is -0.339 e. The molecule has 1 fully saturated rings. The van der Waals surface area contributed by atoms with Gasteiger partial charge in [-0.3, -0.25) is 5.10 Å². The van der Waals surface area contributed by atoms with E-state index < -0.39 is 0 Å². The second kappa shape index (κ2) is 6.85. The highest BCUT2D eigenvalue weighted by atomic mass is 35.5. The van der Waals surface area contributed by atoms with Crippen LogP contribution >= 0.6 is 11.6 Å². The lowest BCUT2D eigenvalue weighted by molar-refractivity contribution is 0.566. The first kappa shape index (κ1) is 16.1. The van der Waals surface area contributed by atoms with Crippen LogP contribution in [-0.4, -0.2) is 45.8 Å². The summed E-state index contributed by atoms with van der Waals surface area (Å²) in [4.78, 5) is 11.3. The van der Waals surface area contributed by atoms with E-state index in [2.05, 4.69) is 42.6 Å². The summed E-state index contributed by atoms with van der Waals surface area (Å²) in [6.45, 7) is 4.93. The van der Waals surface area contributed by atoms with Crippen molar-refractivity contribution in [1.29, 1.82) is 0 Å². The van der Waals surface area contributed by atoms with Crippen molar-refractivity contribution < 1.29 is 0 Å². The predicted molar refractivity (Wildman–Crippen MR) is 101 cm³/mol. The van der Waals surface area contributed by atoms with Gasteiger partial charge in [-0.15, -0.1) is 0 Å². The zero-order chi connectivity index (χ0) is 17.2. The molecule has 4 rings (SSSR count). The third-order valence-electron chi connectivity index (χ3n) is 4.42. The van der Waals surface area contributed by atoms with E-state index in [0.717, 1.165) is 42.6 Å². The maximum atomic E-state index is 6.30. The van der Waals surface area contributed by atoms with Gasteiger partial charge in [-0.1, -0.05) is 11.6 Å². The fourth-order valence-corrected chi connectivity index (χ4v) is 3.10. The molecule has 7 nitrogen and oxygen atoms in total. The van der Waals surface area contributed by atoms with Crippen LogP contribution in [0.3, 0.4) is 0 Å². The molecule has 0 amide bonds. The van der Waals surface area contributed by atoms with Crippen LogP contribution in [0.2, 0.25) is 5.02 Å². The Labute approximate surface area is 150 Å². The molecule has 0 spiro atoms. The molecule has 1 aromatic carbocycles. The number of fused-ring (bicyclic) bond motifs is 1. The molecule has 1 aliphatic rings. The summed E-state index contributed by atoms with van der Waals surface area (Å²) < 4.78 is 0. The van der Waals surface area contributed by atoms with E-state index >= 15 is 0 Å². The first-order chi connectivity index (χ1) is 12.2. The first-order valence-corrected chi connectivity index (χ1v) is 8.78. The Morgan fingerprint density at radius 3 is 3.12 bits per heavy atom. The molecule has 1 unspecified atom stereocenters. The number of benzene rings is 1. The standard InChI is InChI=1S/C17H20ClN7/c1-11-4-6-25(7-5-19-11)17-20-10-14(18)16(23-17)22-13-2-3-15-12(8-13)9-21-24-15/h2-3,8-11,19H,4-7H2,1H3,(H,21,24)(H,20,22,23). The number of rotatable bonds is 3. The quantitative estimate of drug-likeness (QED) is 0.668. The number of halogens is 1. The maximum Gasteiger partial charge on any atom is 0.227 e. The van der Waals surface area contributed by atoms with Crippen molar-refractivity contribution in [1.82, 2.24) is 25.5 Å². The number of hydrogen-bond acceptors (Lipinski definition) is 6. The van der Waals surface area contributed by atoms with Gasteiger partial charge in [0.25, 0.3) is 0 Å². The zero-order valence-corrected chi connectivity index (χ0v) is 14.7. The van der Waals surface area contributed by atoms with E-state index in [-0.39, 0.29) is 0 Å².